The highest BCUT2D eigenvalue weighted by Gasteiger charge is 2.23. The minimum atomic E-state index is -3.37. The molecule has 5 nitrogen and oxygen atoms in total. The fourth-order valence-corrected chi connectivity index (χ4v) is 3.42. The van der Waals surface area contributed by atoms with Gasteiger partial charge in [-0.2, -0.15) is 4.31 Å². The molecule has 0 unspecified atom stereocenters. The summed E-state index contributed by atoms with van der Waals surface area (Å²) in [5.41, 5.74) is 0.892. The lowest BCUT2D eigenvalue weighted by Gasteiger charge is -2.19. The van der Waals surface area contributed by atoms with Crippen molar-refractivity contribution >= 4 is 10.0 Å². The van der Waals surface area contributed by atoms with Gasteiger partial charge in [0.25, 0.3) is 0 Å². The van der Waals surface area contributed by atoms with Gasteiger partial charge in [0.2, 0.25) is 10.0 Å². The van der Waals surface area contributed by atoms with Crippen LogP contribution >= 0.6 is 0 Å². The highest BCUT2D eigenvalue weighted by atomic mass is 32.2. The van der Waals surface area contributed by atoms with E-state index in [9.17, 15) is 8.42 Å². The third-order valence-electron chi connectivity index (χ3n) is 3.17. The molecule has 1 heterocycles. The summed E-state index contributed by atoms with van der Waals surface area (Å²) in [6.45, 7) is 9.79. The molecule has 1 rings (SSSR count). The molecule has 0 fully saturated rings. The molecule has 20 heavy (non-hydrogen) atoms. The van der Waals surface area contributed by atoms with E-state index in [0.717, 1.165) is 18.5 Å². The summed E-state index contributed by atoms with van der Waals surface area (Å²) < 4.78 is 26.6. The topological polar surface area (TPSA) is 65.2 Å². The van der Waals surface area contributed by atoms with Crippen molar-refractivity contribution in [3.8, 4) is 0 Å². The van der Waals surface area contributed by atoms with Gasteiger partial charge in [0.05, 0.1) is 4.90 Å². The number of nitrogens with one attached hydrogen (secondary N) is 2. The number of hydrogen-bond acceptors (Lipinski definition) is 3. The van der Waals surface area contributed by atoms with E-state index in [-0.39, 0.29) is 0 Å². The summed E-state index contributed by atoms with van der Waals surface area (Å²) in [5.74, 6) is 0. The molecule has 0 aliphatic rings. The summed E-state index contributed by atoms with van der Waals surface area (Å²) in [5, 5.41) is 3.26. The molecule has 0 radical (unpaired) electrons. The van der Waals surface area contributed by atoms with Crippen molar-refractivity contribution in [2.45, 2.75) is 58.0 Å². The molecule has 0 saturated carbocycles. The molecule has 0 amide bonds. The predicted molar refractivity (Wildman–Crippen MR) is 82.1 cm³/mol. The van der Waals surface area contributed by atoms with Crippen molar-refractivity contribution in [2.24, 2.45) is 0 Å². The first kappa shape index (κ1) is 17.2. The van der Waals surface area contributed by atoms with Crippen LogP contribution in [0.2, 0.25) is 0 Å². The number of unbranched alkanes of at least 4 members (excludes halogenated alkanes) is 1. The van der Waals surface area contributed by atoms with Crippen molar-refractivity contribution in [3.63, 3.8) is 0 Å². The molecular formula is C14H27N3O2S. The maximum Gasteiger partial charge on any atom is 0.244 e. The van der Waals surface area contributed by atoms with Crippen LogP contribution in [0, 0.1) is 0 Å². The summed E-state index contributed by atoms with van der Waals surface area (Å²) in [6.07, 6.45) is 3.46. The van der Waals surface area contributed by atoms with Gasteiger partial charge >= 0.3 is 0 Å². The highest BCUT2D eigenvalue weighted by Crippen LogP contribution is 2.17. The van der Waals surface area contributed by atoms with Crippen molar-refractivity contribution < 1.29 is 8.42 Å². The summed E-state index contributed by atoms with van der Waals surface area (Å²) in [7, 11) is -3.37. The van der Waals surface area contributed by atoms with E-state index in [0.29, 0.717) is 30.6 Å². The fourth-order valence-electron chi connectivity index (χ4n) is 1.92. The predicted octanol–water partition coefficient (Wildman–Crippen LogP) is 2.32. The first-order chi connectivity index (χ1) is 9.41. The van der Waals surface area contributed by atoms with Crippen molar-refractivity contribution in [1.29, 1.82) is 0 Å². The van der Waals surface area contributed by atoms with Crippen LogP contribution in [0.4, 0.5) is 0 Å². The quantitative estimate of drug-likeness (QED) is 0.735. The van der Waals surface area contributed by atoms with Gasteiger partial charge in [-0.15, -0.1) is 0 Å². The number of nitrogens with zero attached hydrogens (tertiary/aromatic N) is 1. The molecule has 6 heteroatoms. The van der Waals surface area contributed by atoms with Crippen LogP contribution in [0.5, 0.6) is 0 Å². The second-order valence-electron chi connectivity index (χ2n) is 5.25. The first-order valence-electron chi connectivity index (χ1n) is 7.32. The lowest BCUT2D eigenvalue weighted by molar-refractivity contribution is 0.419. The largest absolute Gasteiger partial charge is 0.363 e. The Morgan fingerprint density at radius 2 is 2.05 bits per heavy atom. The summed E-state index contributed by atoms with van der Waals surface area (Å²) in [6, 6.07) is 2.09. The molecule has 0 aromatic carbocycles. The SMILES string of the molecule is CCCCN(CC)S(=O)(=O)c1c[nH]c(CNC(C)C)c1. The number of rotatable bonds is 9. The third-order valence-corrected chi connectivity index (χ3v) is 5.12. The van der Waals surface area contributed by atoms with Gasteiger partial charge in [-0.25, -0.2) is 8.42 Å². The van der Waals surface area contributed by atoms with Crippen LogP contribution in [0.25, 0.3) is 0 Å². The molecule has 0 atom stereocenters. The fraction of sp³-hybridized carbons (Fsp3) is 0.714. The molecule has 1 aromatic heterocycles. The molecule has 116 valence electrons. The smallest absolute Gasteiger partial charge is 0.244 e. The van der Waals surface area contributed by atoms with Gasteiger partial charge in [-0.1, -0.05) is 34.1 Å². The van der Waals surface area contributed by atoms with Gasteiger partial charge in [0.1, 0.15) is 0 Å². The standard InChI is InChI=1S/C14H27N3O2S/c1-5-7-8-17(6-2)20(18,19)14-9-13(16-11-14)10-15-12(3)4/h9,11-12,15-16H,5-8,10H2,1-4H3. The van der Waals surface area contributed by atoms with E-state index < -0.39 is 10.0 Å². The van der Waals surface area contributed by atoms with Crippen molar-refractivity contribution in [1.82, 2.24) is 14.6 Å². The summed E-state index contributed by atoms with van der Waals surface area (Å²) in [4.78, 5) is 3.39. The van der Waals surface area contributed by atoms with Crippen LogP contribution in [0.1, 0.15) is 46.2 Å². The zero-order valence-corrected chi connectivity index (χ0v) is 13.8. The maximum absolute atomic E-state index is 12.5. The minimum Gasteiger partial charge on any atom is -0.363 e. The van der Waals surface area contributed by atoms with E-state index in [4.69, 9.17) is 0 Å². The first-order valence-corrected chi connectivity index (χ1v) is 8.76. The van der Waals surface area contributed by atoms with Gasteiger partial charge in [0.15, 0.2) is 0 Å². The highest BCUT2D eigenvalue weighted by molar-refractivity contribution is 7.89. The molecule has 0 saturated heterocycles. The molecule has 2 N–H and O–H groups in total. The van der Waals surface area contributed by atoms with E-state index in [2.05, 4.69) is 31.1 Å². The number of hydrogen-bond donors (Lipinski definition) is 2. The van der Waals surface area contributed by atoms with Gasteiger partial charge < -0.3 is 10.3 Å². The lowest BCUT2D eigenvalue weighted by Crippen LogP contribution is -2.31. The van der Waals surface area contributed by atoms with Crippen molar-refractivity contribution in [2.75, 3.05) is 13.1 Å². The number of aromatic nitrogens is 1. The third kappa shape index (κ3) is 4.61. The molecule has 0 aliphatic carbocycles. The Hall–Kier alpha value is -0.850. The Bertz CT molecular complexity index is 494. The van der Waals surface area contributed by atoms with Crippen LogP contribution in [-0.2, 0) is 16.6 Å². The number of aromatic amines is 1. The average molecular weight is 301 g/mol. The van der Waals surface area contributed by atoms with E-state index in [1.54, 1.807) is 16.6 Å². The lowest BCUT2D eigenvalue weighted by atomic mass is 10.3. The zero-order chi connectivity index (χ0) is 15.2. The zero-order valence-electron chi connectivity index (χ0n) is 12.9. The normalized spacial score (nSPS) is 12.5. The molecule has 1 aromatic rings. The molecule has 0 bridgehead atoms. The van der Waals surface area contributed by atoms with E-state index in [1.807, 2.05) is 6.92 Å². The van der Waals surface area contributed by atoms with Crippen molar-refractivity contribution in [3.05, 3.63) is 18.0 Å². The Morgan fingerprint density at radius 3 is 2.60 bits per heavy atom. The van der Waals surface area contributed by atoms with Gasteiger partial charge in [0, 0.05) is 37.6 Å². The molecule has 0 aliphatic heterocycles. The Morgan fingerprint density at radius 1 is 1.35 bits per heavy atom. The molecular weight excluding hydrogens is 274 g/mol. The van der Waals surface area contributed by atoms with Gasteiger partial charge in [-0.05, 0) is 12.5 Å². The van der Waals surface area contributed by atoms with E-state index in [1.165, 1.54) is 0 Å². The average Bonchev–Trinajstić information content (AvgIpc) is 2.86. The monoisotopic (exact) mass is 301 g/mol. The number of sulfonamides is 1. The van der Waals surface area contributed by atoms with Crippen LogP contribution in [0.15, 0.2) is 17.2 Å². The van der Waals surface area contributed by atoms with Crippen LogP contribution in [-0.4, -0.2) is 36.8 Å². The number of H-pyrrole nitrogens is 1. The Balaban J connectivity index is 2.81. The van der Waals surface area contributed by atoms with E-state index >= 15 is 0 Å². The second kappa shape index (κ2) is 7.81. The van der Waals surface area contributed by atoms with Crippen LogP contribution < -0.4 is 5.32 Å². The maximum atomic E-state index is 12.5. The Kier molecular flexibility index (Phi) is 6.71. The van der Waals surface area contributed by atoms with Gasteiger partial charge in [-0.3, -0.25) is 0 Å². The Labute approximate surface area is 122 Å². The summed E-state index contributed by atoms with van der Waals surface area (Å²) >= 11 is 0. The minimum absolute atomic E-state index is 0.357. The van der Waals surface area contributed by atoms with Crippen LogP contribution in [0.3, 0.4) is 0 Å². The molecule has 0 spiro atoms. The second-order valence-corrected chi connectivity index (χ2v) is 7.18.